The molecule has 0 aromatic heterocycles. The largest absolute Gasteiger partial charge is 0.378 e. The number of aryl methyl sites for hydroxylation is 2. The predicted octanol–water partition coefficient (Wildman–Crippen LogP) is 2.70. The maximum Gasteiger partial charge on any atom is 0.256 e. The molecule has 0 aliphatic carbocycles. The van der Waals surface area contributed by atoms with E-state index in [0.717, 1.165) is 16.8 Å². The molecule has 29 heavy (non-hydrogen) atoms. The summed E-state index contributed by atoms with van der Waals surface area (Å²) in [4.78, 5) is 17.6. The summed E-state index contributed by atoms with van der Waals surface area (Å²) in [5.74, 6) is -0.136. The van der Waals surface area contributed by atoms with Crippen molar-refractivity contribution in [3.8, 4) is 0 Å². The summed E-state index contributed by atoms with van der Waals surface area (Å²) in [6.07, 6.45) is 1.17. The van der Waals surface area contributed by atoms with Crippen molar-refractivity contribution in [2.45, 2.75) is 31.8 Å². The summed E-state index contributed by atoms with van der Waals surface area (Å²) in [5, 5.41) is 0. The van der Waals surface area contributed by atoms with E-state index in [4.69, 9.17) is 4.74 Å². The Hall–Kier alpha value is -2.38. The number of anilines is 1. The van der Waals surface area contributed by atoms with Gasteiger partial charge in [-0.15, -0.1) is 0 Å². The number of carbonyl (C=O) groups excluding carboxylic acids is 1. The second-order valence-corrected chi connectivity index (χ2v) is 9.93. The molecule has 0 spiro atoms. The van der Waals surface area contributed by atoms with Gasteiger partial charge in [-0.2, -0.15) is 0 Å². The van der Waals surface area contributed by atoms with Gasteiger partial charge in [0.15, 0.2) is 9.84 Å². The molecule has 1 saturated heterocycles. The monoisotopic (exact) mass is 414 g/mol. The Labute approximate surface area is 172 Å². The molecular formula is C22H26N2O4S. The normalized spacial score (nSPS) is 16.8. The molecule has 4 rings (SSSR count). The SMILES string of the molecule is Cc1cc2c(cc1C)CN(C(=O)c1cc(S(C)(=O)=O)ccc1N1CCOCC1)C2. The third-order valence-corrected chi connectivity index (χ3v) is 6.91. The van der Waals surface area contributed by atoms with Gasteiger partial charge in [0.05, 0.1) is 23.7 Å². The van der Waals surface area contributed by atoms with Crippen LogP contribution in [0.1, 0.15) is 32.6 Å². The number of morpholine rings is 1. The highest BCUT2D eigenvalue weighted by Gasteiger charge is 2.29. The van der Waals surface area contributed by atoms with E-state index in [1.807, 2.05) is 0 Å². The first kappa shape index (κ1) is 19.9. The van der Waals surface area contributed by atoms with E-state index in [1.165, 1.54) is 23.4 Å². The quantitative estimate of drug-likeness (QED) is 0.773. The van der Waals surface area contributed by atoms with Crippen molar-refractivity contribution >= 4 is 21.4 Å². The zero-order valence-corrected chi connectivity index (χ0v) is 17.9. The lowest BCUT2D eigenvalue weighted by molar-refractivity contribution is 0.0750. The first-order valence-electron chi connectivity index (χ1n) is 9.79. The molecule has 2 aliphatic rings. The maximum absolute atomic E-state index is 13.5. The number of nitrogens with zero attached hydrogens (tertiary/aromatic N) is 2. The number of carbonyl (C=O) groups is 1. The molecule has 7 heteroatoms. The molecule has 2 aliphatic heterocycles. The van der Waals surface area contributed by atoms with Gasteiger partial charge in [-0.05, 0) is 54.3 Å². The molecule has 2 aromatic carbocycles. The number of hydrogen-bond acceptors (Lipinski definition) is 5. The van der Waals surface area contributed by atoms with E-state index in [9.17, 15) is 13.2 Å². The molecule has 1 amide bonds. The summed E-state index contributed by atoms with van der Waals surface area (Å²) >= 11 is 0. The van der Waals surface area contributed by atoms with Gasteiger partial charge in [-0.25, -0.2) is 8.42 Å². The van der Waals surface area contributed by atoms with Crippen LogP contribution < -0.4 is 4.90 Å². The summed E-state index contributed by atoms with van der Waals surface area (Å²) in [5.41, 5.74) is 5.96. The summed E-state index contributed by atoms with van der Waals surface area (Å²) in [6.45, 7) is 7.78. The van der Waals surface area contributed by atoms with Crippen LogP contribution in [0.5, 0.6) is 0 Å². The minimum absolute atomic E-state index is 0.136. The first-order valence-corrected chi connectivity index (χ1v) is 11.7. The van der Waals surface area contributed by atoms with Crippen molar-refractivity contribution in [1.29, 1.82) is 0 Å². The van der Waals surface area contributed by atoms with Crippen LogP contribution >= 0.6 is 0 Å². The van der Waals surface area contributed by atoms with Crippen LogP contribution in [0.15, 0.2) is 35.2 Å². The maximum atomic E-state index is 13.5. The molecule has 0 atom stereocenters. The molecule has 2 aromatic rings. The summed E-state index contributed by atoms with van der Waals surface area (Å²) < 4.78 is 29.7. The van der Waals surface area contributed by atoms with Crippen LogP contribution in [-0.4, -0.2) is 51.8 Å². The molecule has 0 radical (unpaired) electrons. The standard InChI is InChI=1S/C22H26N2O4S/c1-15-10-17-13-24(14-18(17)11-16(15)2)22(25)20-12-19(29(3,26)27)4-5-21(20)23-6-8-28-9-7-23/h4-5,10-12H,6-9,13-14H2,1-3H3. The van der Waals surface area contributed by atoms with Crippen LogP contribution in [-0.2, 0) is 27.7 Å². The molecule has 1 fully saturated rings. The van der Waals surface area contributed by atoms with Crippen molar-refractivity contribution in [3.63, 3.8) is 0 Å². The van der Waals surface area contributed by atoms with E-state index in [2.05, 4.69) is 30.9 Å². The van der Waals surface area contributed by atoms with Crippen LogP contribution in [0.2, 0.25) is 0 Å². The number of sulfone groups is 1. The van der Waals surface area contributed by atoms with Crippen LogP contribution in [0.3, 0.4) is 0 Å². The van der Waals surface area contributed by atoms with E-state index >= 15 is 0 Å². The zero-order valence-electron chi connectivity index (χ0n) is 17.1. The molecule has 0 N–H and O–H groups in total. The van der Waals surface area contributed by atoms with Crippen molar-refractivity contribution in [2.24, 2.45) is 0 Å². The molecule has 154 valence electrons. The van der Waals surface area contributed by atoms with E-state index in [0.29, 0.717) is 45.0 Å². The van der Waals surface area contributed by atoms with E-state index in [-0.39, 0.29) is 10.8 Å². The number of ether oxygens (including phenoxy) is 1. The van der Waals surface area contributed by atoms with Gasteiger partial charge < -0.3 is 14.5 Å². The van der Waals surface area contributed by atoms with Gasteiger partial charge in [-0.1, -0.05) is 12.1 Å². The van der Waals surface area contributed by atoms with Gasteiger partial charge in [0, 0.05) is 38.1 Å². The lowest BCUT2D eigenvalue weighted by atomic mass is 10.0. The highest BCUT2D eigenvalue weighted by molar-refractivity contribution is 7.90. The fourth-order valence-electron chi connectivity index (χ4n) is 4.01. The van der Waals surface area contributed by atoms with Gasteiger partial charge in [0.25, 0.3) is 5.91 Å². The Kier molecular flexibility index (Phi) is 5.12. The lowest BCUT2D eigenvalue weighted by Crippen LogP contribution is -2.38. The molecule has 0 saturated carbocycles. The van der Waals surface area contributed by atoms with Crippen molar-refractivity contribution < 1.29 is 17.9 Å². The van der Waals surface area contributed by atoms with Crippen LogP contribution in [0.25, 0.3) is 0 Å². The first-order chi connectivity index (χ1) is 13.7. The number of fused-ring (bicyclic) bond motifs is 1. The highest BCUT2D eigenvalue weighted by Crippen LogP contribution is 2.31. The van der Waals surface area contributed by atoms with Gasteiger partial charge in [0.2, 0.25) is 0 Å². The molecule has 0 bridgehead atoms. The summed E-state index contributed by atoms with van der Waals surface area (Å²) in [6, 6.07) is 9.16. The topological polar surface area (TPSA) is 66.9 Å². The van der Waals surface area contributed by atoms with Crippen LogP contribution in [0.4, 0.5) is 5.69 Å². The fraction of sp³-hybridized carbons (Fsp3) is 0.409. The van der Waals surface area contributed by atoms with E-state index in [1.54, 1.807) is 17.0 Å². The third kappa shape index (κ3) is 3.89. The Balaban J connectivity index is 1.71. The molecular weight excluding hydrogens is 388 g/mol. The second kappa shape index (κ2) is 7.46. The Bertz CT molecular complexity index is 1040. The van der Waals surface area contributed by atoms with E-state index < -0.39 is 9.84 Å². The minimum Gasteiger partial charge on any atom is -0.378 e. The number of amides is 1. The smallest absolute Gasteiger partial charge is 0.256 e. The van der Waals surface area contributed by atoms with Crippen LogP contribution in [0, 0.1) is 13.8 Å². The average Bonchev–Trinajstić information content (AvgIpc) is 3.10. The van der Waals surface area contributed by atoms with Gasteiger partial charge >= 0.3 is 0 Å². The van der Waals surface area contributed by atoms with Crippen molar-refractivity contribution in [1.82, 2.24) is 4.90 Å². The lowest BCUT2D eigenvalue weighted by Gasteiger charge is -2.31. The molecule has 6 nitrogen and oxygen atoms in total. The van der Waals surface area contributed by atoms with Crippen molar-refractivity contribution in [2.75, 3.05) is 37.5 Å². The number of benzene rings is 2. The fourth-order valence-corrected chi connectivity index (χ4v) is 4.66. The Morgan fingerprint density at radius 2 is 1.55 bits per heavy atom. The minimum atomic E-state index is -3.41. The molecule has 0 unspecified atom stereocenters. The van der Waals surface area contributed by atoms with Crippen molar-refractivity contribution in [3.05, 3.63) is 58.1 Å². The Morgan fingerprint density at radius 1 is 0.966 bits per heavy atom. The second-order valence-electron chi connectivity index (χ2n) is 7.92. The van der Waals surface area contributed by atoms with Gasteiger partial charge in [-0.3, -0.25) is 4.79 Å². The van der Waals surface area contributed by atoms with Gasteiger partial charge in [0.1, 0.15) is 0 Å². The average molecular weight is 415 g/mol. The Morgan fingerprint density at radius 3 is 2.10 bits per heavy atom. The third-order valence-electron chi connectivity index (χ3n) is 5.80. The summed E-state index contributed by atoms with van der Waals surface area (Å²) in [7, 11) is -3.41. The number of hydrogen-bond donors (Lipinski definition) is 0. The zero-order chi connectivity index (χ0) is 20.8. The highest BCUT2D eigenvalue weighted by atomic mass is 32.2. The predicted molar refractivity (Wildman–Crippen MR) is 112 cm³/mol. The molecule has 2 heterocycles. The number of rotatable bonds is 3.